The summed E-state index contributed by atoms with van der Waals surface area (Å²) >= 11 is 0. The predicted octanol–water partition coefficient (Wildman–Crippen LogP) is 0.423. The Bertz CT molecular complexity index is 1500. The van der Waals surface area contributed by atoms with Gasteiger partial charge in [0.2, 0.25) is 23.6 Å². The van der Waals surface area contributed by atoms with Crippen LogP contribution in [-0.4, -0.2) is 82.9 Å². The minimum absolute atomic E-state index is 0.0608. The van der Waals surface area contributed by atoms with Crippen molar-refractivity contribution in [1.29, 1.82) is 0 Å². The molecule has 8 N–H and O–H groups in total. The number of carbonyl (C=O) groups excluding carboxylic acids is 4. The number of benzene rings is 2. The number of imidazole rings is 1. The Kier molecular flexibility index (Phi) is 12.7. The molecule has 1 fully saturated rings. The zero-order valence-electron chi connectivity index (χ0n) is 26.0. The summed E-state index contributed by atoms with van der Waals surface area (Å²) in [6.45, 7) is 0.683. The minimum Gasteiger partial charge on any atom is -0.345 e. The molecule has 0 spiro atoms. The number of hydrogen-bond donors (Lipinski definition) is 6. The summed E-state index contributed by atoms with van der Waals surface area (Å²) in [6.07, 6.45) is 4.97. The molecule has 1 aliphatic heterocycles. The third-order valence-electron chi connectivity index (χ3n) is 8.12. The standard InChI is InChI=1S/C33H44N8O5/c34-16-8-7-13-26(37-30(43)21-36-31(44)27(38-29(42)20-35)19-23-9-3-1-4-10-23)32(45)40-17-14-25(15-18-40)41-22-28(39-33(41)46)24-11-5-2-6-12-24/h1-6,9-12,22,25-27H,7-8,13-21,34-35H2,(H,36,44)(H,37,43)(H,38,42)(H,39,46)/t26-,27-/m1/s1. The SMILES string of the molecule is NCCCC[C@@H](NC(=O)CNC(=O)[C@@H](Cc1ccccc1)NC(=O)CN)C(=O)N1CCC(n2cc(-c3ccccc3)[nH]c2=O)CC1. The molecular weight excluding hydrogens is 588 g/mol. The van der Waals surface area contributed by atoms with Gasteiger partial charge < -0.3 is 37.3 Å². The van der Waals surface area contributed by atoms with E-state index in [0.717, 1.165) is 16.8 Å². The van der Waals surface area contributed by atoms with Crippen LogP contribution in [0.5, 0.6) is 0 Å². The summed E-state index contributed by atoms with van der Waals surface area (Å²) in [4.78, 5) is 68.9. The lowest BCUT2D eigenvalue weighted by molar-refractivity contribution is -0.138. The largest absolute Gasteiger partial charge is 0.345 e. The summed E-state index contributed by atoms with van der Waals surface area (Å²) in [7, 11) is 0. The van der Waals surface area contributed by atoms with E-state index >= 15 is 0 Å². The number of rotatable bonds is 15. The smallest absolute Gasteiger partial charge is 0.326 e. The molecule has 0 radical (unpaired) electrons. The number of likely N-dealkylation sites (tertiary alicyclic amines) is 1. The van der Waals surface area contributed by atoms with Crippen LogP contribution in [0.15, 0.2) is 71.7 Å². The Morgan fingerprint density at radius 3 is 2.17 bits per heavy atom. The van der Waals surface area contributed by atoms with Gasteiger partial charge >= 0.3 is 5.69 Å². The average molecular weight is 633 g/mol. The first-order valence-corrected chi connectivity index (χ1v) is 15.7. The average Bonchev–Trinajstić information content (AvgIpc) is 3.48. The summed E-state index contributed by atoms with van der Waals surface area (Å²) in [6, 6.07) is 17.0. The van der Waals surface area contributed by atoms with E-state index in [2.05, 4.69) is 20.9 Å². The number of unbranched alkanes of at least 4 members (excludes halogenated alkanes) is 1. The van der Waals surface area contributed by atoms with E-state index in [9.17, 15) is 24.0 Å². The number of nitrogens with one attached hydrogen (secondary N) is 4. The molecule has 13 heteroatoms. The van der Waals surface area contributed by atoms with Crippen molar-refractivity contribution in [3.8, 4) is 11.3 Å². The quantitative estimate of drug-likeness (QED) is 0.131. The third kappa shape index (κ3) is 9.62. The molecule has 0 bridgehead atoms. The molecule has 4 amide bonds. The molecule has 1 aliphatic rings. The number of amides is 4. The molecular formula is C33H44N8O5. The van der Waals surface area contributed by atoms with Crippen LogP contribution in [-0.2, 0) is 25.6 Å². The molecule has 246 valence electrons. The fourth-order valence-corrected chi connectivity index (χ4v) is 5.63. The first-order valence-electron chi connectivity index (χ1n) is 15.7. The van der Waals surface area contributed by atoms with Gasteiger partial charge in [0.15, 0.2) is 0 Å². The highest BCUT2D eigenvalue weighted by Gasteiger charge is 2.30. The third-order valence-corrected chi connectivity index (χ3v) is 8.12. The van der Waals surface area contributed by atoms with E-state index in [1.807, 2.05) is 66.9 Å². The van der Waals surface area contributed by atoms with E-state index < -0.39 is 29.8 Å². The van der Waals surface area contributed by atoms with Gasteiger partial charge in [-0.2, -0.15) is 0 Å². The normalized spacial score (nSPS) is 14.7. The molecule has 2 aromatic carbocycles. The number of carbonyl (C=O) groups is 4. The second-order valence-electron chi connectivity index (χ2n) is 11.4. The Labute approximate surface area is 268 Å². The van der Waals surface area contributed by atoms with Crippen LogP contribution in [0.3, 0.4) is 0 Å². The summed E-state index contributed by atoms with van der Waals surface area (Å²) in [5, 5.41) is 7.97. The molecule has 0 unspecified atom stereocenters. The van der Waals surface area contributed by atoms with E-state index in [1.54, 1.807) is 9.47 Å². The van der Waals surface area contributed by atoms with Gasteiger partial charge in [0.1, 0.15) is 12.1 Å². The molecule has 2 atom stereocenters. The van der Waals surface area contributed by atoms with Gasteiger partial charge in [-0.15, -0.1) is 0 Å². The molecule has 1 saturated heterocycles. The number of hydrogen-bond acceptors (Lipinski definition) is 7. The van der Waals surface area contributed by atoms with Crippen LogP contribution in [0.4, 0.5) is 0 Å². The Morgan fingerprint density at radius 1 is 0.870 bits per heavy atom. The molecule has 4 rings (SSSR count). The van der Waals surface area contributed by atoms with Crippen molar-refractivity contribution < 1.29 is 19.2 Å². The molecule has 3 aromatic rings. The van der Waals surface area contributed by atoms with E-state index in [4.69, 9.17) is 11.5 Å². The highest BCUT2D eigenvalue weighted by Crippen LogP contribution is 2.24. The number of H-pyrrole nitrogens is 1. The molecule has 46 heavy (non-hydrogen) atoms. The number of nitrogens with two attached hydrogens (primary N) is 2. The van der Waals surface area contributed by atoms with Crippen LogP contribution in [0.25, 0.3) is 11.3 Å². The minimum atomic E-state index is -0.925. The predicted molar refractivity (Wildman–Crippen MR) is 174 cm³/mol. The lowest BCUT2D eigenvalue weighted by atomic mass is 10.0. The summed E-state index contributed by atoms with van der Waals surface area (Å²) < 4.78 is 1.70. The summed E-state index contributed by atoms with van der Waals surface area (Å²) in [5.41, 5.74) is 13.4. The van der Waals surface area contributed by atoms with Crippen LogP contribution in [0.2, 0.25) is 0 Å². The number of aromatic nitrogens is 2. The van der Waals surface area contributed by atoms with Gasteiger partial charge in [-0.3, -0.25) is 23.7 Å². The van der Waals surface area contributed by atoms with Gasteiger partial charge in [-0.1, -0.05) is 60.7 Å². The number of aromatic amines is 1. The zero-order valence-corrected chi connectivity index (χ0v) is 26.0. The highest BCUT2D eigenvalue weighted by atomic mass is 16.2. The van der Waals surface area contributed by atoms with Crippen molar-refractivity contribution in [3.05, 3.63) is 82.9 Å². The van der Waals surface area contributed by atoms with Crippen LogP contribution >= 0.6 is 0 Å². The lowest BCUT2D eigenvalue weighted by Crippen LogP contribution is -2.54. The highest BCUT2D eigenvalue weighted by molar-refractivity contribution is 5.93. The van der Waals surface area contributed by atoms with Gasteiger partial charge in [0, 0.05) is 31.7 Å². The zero-order chi connectivity index (χ0) is 32.9. The van der Waals surface area contributed by atoms with Gasteiger partial charge in [0.05, 0.1) is 18.8 Å². The van der Waals surface area contributed by atoms with Crippen LogP contribution in [0, 0.1) is 0 Å². The topological polar surface area (TPSA) is 197 Å². The fraction of sp³-hybridized carbons (Fsp3) is 0.424. The monoisotopic (exact) mass is 632 g/mol. The van der Waals surface area contributed by atoms with E-state index in [0.29, 0.717) is 51.7 Å². The molecule has 0 aliphatic carbocycles. The van der Waals surface area contributed by atoms with Crippen molar-refractivity contribution in [2.45, 2.75) is 56.7 Å². The maximum absolute atomic E-state index is 13.6. The van der Waals surface area contributed by atoms with Crippen LogP contribution < -0.4 is 33.1 Å². The van der Waals surface area contributed by atoms with Gasteiger partial charge in [-0.05, 0) is 49.8 Å². The molecule has 2 heterocycles. The summed E-state index contributed by atoms with van der Waals surface area (Å²) in [5.74, 6) is -1.76. The Hall–Kier alpha value is -4.75. The molecule has 1 aromatic heterocycles. The van der Waals surface area contributed by atoms with E-state index in [1.165, 1.54) is 0 Å². The van der Waals surface area contributed by atoms with Crippen molar-refractivity contribution in [3.63, 3.8) is 0 Å². The first kappa shape index (κ1) is 34.1. The van der Waals surface area contributed by atoms with E-state index in [-0.39, 0.29) is 37.1 Å². The van der Waals surface area contributed by atoms with Crippen molar-refractivity contribution >= 4 is 23.6 Å². The fourth-order valence-electron chi connectivity index (χ4n) is 5.63. The first-order chi connectivity index (χ1) is 22.3. The van der Waals surface area contributed by atoms with Crippen molar-refractivity contribution in [2.24, 2.45) is 11.5 Å². The van der Waals surface area contributed by atoms with Crippen LogP contribution in [0.1, 0.15) is 43.7 Å². The Morgan fingerprint density at radius 2 is 1.52 bits per heavy atom. The van der Waals surface area contributed by atoms with Crippen molar-refractivity contribution in [1.82, 2.24) is 30.4 Å². The van der Waals surface area contributed by atoms with Gasteiger partial charge in [0.25, 0.3) is 0 Å². The molecule has 0 saturated carbocycles. The maximum atomic E-state index is 13.6. The number of piperidine rings is 1. The Balaban J connectivity index is 1.33. The van der Waals surface area contributed by atoms with Gasteiger partial charge in [-0.25, -0.2) is 4.79 Å². The second kappa shape index (κ2) is 17.1. The lowest BCUT2D eigenvalue weighted by Gasteiger charge is -2.34. The number of nitrogens with zero attached hydrogens (tertiary/aromatic N) is 2. The maximum Gasteiger partial charge on any atom is 0.326 e. The molecule has 13 nitrogen and oxygen atoms in total. The van der Waals surface area contributed by atoms with Crippen molar-refractivity contribution in [2.75, 3.05) is 32.7 Å². The second-order valence-corrected chi connectivity index (χ2v) is 11.4.